The molecule has 76 valence electrons. The second kappa shape index (κ2) is 3.37. The van der Waals surface area contributed by atoms with Crippen LogP contribution in [0.4, 0.5) is 0 Å². The third-order valence-electron chi connectivity index (χ3n) is 2.60. The quantitative estimate of drug-likeness (QED) is 0.792. The van der Waals surface area contributed by atoms with Crippen molar-refractivity contribution in [3.05, 3.63) is 34.9 Å². The van der Waals surface area contributed by atoms with E-state index in [1.165, 1.54) is 11.1 Å². The lowest BCUT2D eigenvalue weighted by Crippen LogP contribution is -2.15. The predicted octanol–water partition coefficient (Wildman–Crippen LogP) is 0.964. The van der Waals surface area contributed by atoms with Crippen LogP contribution in [0.1, 0.15) is 23.1 Å². The summed E-state index contributed by atoms with van der Waals surface area (Å²) in [6, 6.07) is 5.83. The number of primary sulfonamides is 1. The van der Waals surface area contributed by atoms with E-state index in [0.29, 0.717) is 0 Å². The van der Waals surface area contributed by atoms with Gasteiger partial charge < -0.3 is 0 Å². The molecule has 0 saturated heterocycles. The van der Waals surface area contributed by atoms with E-state index < -0.39 is 10.0 Å². The monoisotopic (exact) mass is 211 g/mol. The van der Waals surface area contributed by atoms with Crippen LogP contribution in [0, 0.1) is 0 Å². The smallest absolute Gasteiger partial charge is 0.213 e. The van der Waals surface area contributed by atoms with E-state index in [2.05, 4.69) is 6.07 Å². The van der Waals surface area contributed by atoms with E-state index >= 15 is 0 Å². The van der Waals surface area contributed by atoms with Crippen LogP contribution in [0.3, 0.4) is 0 Å². The van der Waals surface area contributed by atoms with Gasteiger partial charge in [0.15, 0.2) is 0 Å². The van der Waals surface area contributed by atoms with Gasteiger partial charge in [-0.3, -0.25) is 0 Å². The summed E-state index contributed by atoms with van der Waals surface area (Å²) >= 11 is 0. The highest BCUT2D eigenvalue weighted by molar-refractivity contribution is 7.88. The van der Waals surface area contributed by atoms with Gasteiger partial charge in [0.05, 0.1) is 5.75 Å². The lowest BCUT2D eigenvalue weighted by atomic mass is 10.1. The molecule has 2 N–H and O–H groups in total. The second-order valence-electron chi connectivity index (χ2n) is 3.72. The Morgan fingerprint density at radius 1 is 1.29 bits per heavy atom. The van der Waals surface area contributed by atoms with Gasteiger partial charge in [-0.05, 0) is 36.0 Å². The molecule has 0 heterocycles. The highest BCUT2D eigenvalue weighted by Gasteiger charge is 2.16. The van der Waals surface area contributed by atoms with Crippen LogP contribution in [0.15, 0.2) is 18.2 Å². The highest BCUT2D eigenvalue weighted by Crippen LogP contribution is 2.25. The van der Waals surface area contributed by atoms with Gasteiger partial charge in [0.1, 0.15) is 0 Å². The average Bonchev–Trinajstić information content (AvgIpc) is 2.49. The standard InChI is InChI=1S/C10H13NO2S/c11-14(12,13)7-9-5-1-3-8-4-2-6-10(8)9/h1,3,5H,2,4,6-7H2,(H2,11,12,13). The Labute approximate surface area is 84.0 Å². The Hall–Kier alpha value is -0.870. The van der Waals surface area contributed by atoms with Crippen LogP contribution in [-0.2, 0) is 28.6 Å². The van der Waals surface area contributed by atoms with E-state index in [9.17, 15) is 8.42 Å². The van der Waals surface area contributed by atoms with Crippen molar-refractivity contribution in [2.24, 2.45) is 5.14 Å². The fourth-order valence-electron chi connectivity index (χ4n) is 2.05. The Kier molecular flexibility index (Phi) is 2.33. The maximum absolute atomic E-state index is 11.0. The van der Waals surface area contributed by atoms with E-state index in [4.69, 9.17) is 5.14 Å². The third kappa shape index (κ3) is 1.96. The zero-order chi connectivity index (χ0) is 10.2. The van der Waals surface area contributed by atoms with E-state index in [1.54, 1.807) is 0 Å². The van der Waals surface area contributed by atoms with E-state index in [0.717, 1.165) is 24.8 Å². The van der Waals surface area contributed by atoms with Crippen molar-refractivity contribution < 1.29 is 8.42 Å². The number of nitrogens with two attached hydrogens (primary N) is 1. The summed E-state index contributed by atoms with van der Waals surface area (Å²) in [5.41, 5.74) is 3.36. The number of fused-ring (bicyclic) bond motifs is 1. The molecule has 0 amide bonds. The summed E-state index contributed by atoms with van der Waals surface area (Å²) in [5.74, 6) is -0.0316. The summed E-state index contributed by atoms with van der Waals surface area (Å²) in [5, 5.41) is 5.03. The summed E-state index contributed by atoms with van der Waals surface area (Å²) in [6.45, 7) is 0. The molecule has 1 aliphatic carbocycles. The maximum atomic E-state index is 11.0. The van der Waals surface area contributed by atoms with Crippen LogP contribution < -0.4 is 5.14 Å². The zero-order valence-corrected chi connectivity index (χ0v) is 8.68. The van der Waals surface area contributed by atoms with Gasteiger partial charge in [0.2, 0.25) is 10.0 Å². The van der Waals surface area contributed by atoms with Gasteiger partial charge in [0, 0.05) is 0 Å². The lowest BCUT2D eigenvalue weighted by Gasteiger charge is -2.06. The molecule has 1 aromatic rings. The molecule has 14 heavy (non-hydrogen) atoms. The van der Waals surface area contributed by atoms with Crippen molar-refractivity contribution >= 4 is 10.0 Å². The molecule has 2 rings (SSSR count). The summed E-state index contributed by atoms with van der Waals surface area (Å²) in [6.07, 6.45) is 3.17. The first-order valence-electron chi connectivity index (χ1n) is 4.66. The minimum absolute atomic E-state index is 0.0316. The van der Waals surface area contributed by atoms with Gasteiger partial charge in [-0.15, -0.1) is 0 Å². The fraction of sp³-hybridized carbons (Fsp3) is 0.400. The number of sulfonamides is 1. The van der Waals surface area contributed by atoms with Gasteiger partial charge >= 0.3 is 0 Å². The summed E-state index contributed by atoms with van der Waals surface area (Å²) in [4.78, 5) is 0. The number of hydrogen-bond donors (Lipinski definition) is 1. The van der Waals surface area contributed by atoms with Crippen LogP contribution >= 0.6 is 0 Å². The molecule has 1 aromatic carbocycles. The molecule has 0 aliphatic heterocycles. The number of rotatable bonds is 2. The number of benzene rings is 1. The molecular formula is C10H13NO2S. The first-order chi connectivity index (χ1) is 6.56. The molecule has 3 nitrogen and oxygen atoms in total. The van der Waals surface area contributed by atoms with Gasteiger partial charge in [-0.1, -0.05) is 18.2 Å². The highest BCUT2D eigenvalue weighted by atomic mass is 32.2. The number of hydrogen-bond acceptors (Lipinski definition) is 2. The van der Waals surface area contributed by atoms with Crippen LogP contribution in [0.2, 0.25) is 0 Å². The minimum atomic E-state index is -3.40. The van der Waals surface area contributed by atoms with E-state index in [1.807, 2.05) is 12.1 Å². The summed E-state index contributed by atoms with van der Waals surface area (Å²) < 4.78 is 22.0. The predicted molar refractivity (Wildman–Crippen MR) is 55.3 cm³/mol. The molecule has 4 heteroatoms. The van der Waals surface area contributed by atoms with Crippen molar-refractivity contribution in [2.45, 2.75) is 25.0 Å². The fourth-order valence-corrected chi connectivity index (χ4v) is 2.75. The molecule has 1 aliphatic rings. The van der Waals surface area contributed by atoms with Crippen LogP contribution in [0.5, 0.6) is 0 Å². The Bertz CT molecular complexity index is 451. The largest absolute Gasteiger partial charge is 0.228 e. The maximum Gasteiger partial charge on any atom is 0.213 e. The zero-order valence-electron chi connectivity index (χ0n) is 7.86. The Morgan fingerprint density at radius 3 is 2.79 bits per heavy atom. The van der Waals surface area contributed by atoms with E-state index in [-0.39, 0.29) is 5.75 Å². The molecule has 0 spiro atoms. The van der Waals surface area contributed by atoms with Crippen molar-refractivity contribution in [2.75, 3.05) is 0 Å². The molecule has 0 unspecified atom stereocenters. The molecular weight excluding hydrogens is 198 g/mol. The topological polar surface area (TPSA) is 60.2 Å². The first kappa shape index (κ1) is 9.68. The van der Waals surface area contributed by atoms with Crippen molar-refractivity contribution in [1.29, 1.82) is 0 Å². The van der Waals surface area contributed by atoms with Crippen molar-refractivity contribution in [1.82, 2.24) is 0 Å². The Balaban J connectivity index is 2.40. The van der Waals surface area contributed by atoms with Crippen molar-refractivity contribution in [3.63, 3.8) is 0 Å². The molecule has 0 radical (unpaired) electrons. The molecule has 0 fully saturated rings. The Morgan fingerprint density at radius 2 is 2.07 bits per heavy atom. The minimum Gasteiger partial charge on any atom is -0.228 e. The van der Waals surface area contributed by atoms with Crippen LogP contribution in [0.25, 0.3) is 0 Å². The van der Waals surface area contributed by atoms with Gasteiger partial charge in [0.25, 0.3) is 0 Å². The molecule has 0 saturated carbocycles. The summed E-state index contributed by atoms with van der Waals surface area (Å²) in [7, 11) is -3.40. The third-order valence-corrected chi connectivity index (χ3v) is 3.31. The lowest BCUT2D eigenvalue weighted by molar-refractivity contribution is 0.597. The van der Waals surface area contributed by atoms with Crippen LogP contribution in [-0.4, -0.2) is 8.42 Å². The second-order valence-corrected chi connectivity index (χ2v) is 5.33. The van der Waals surface area contributed by atoms with Gasteiger partial charge in [-0.25, -0.2) is 13.6 Å². The number of aryl methyl sites for hydroxylation is 1. The molecule has 0 bridgehead atoms. The normalized spacial score (nSPS) is 15.5. The van der Waals surface area contributed by atoms with Crippen molar-refractivity contribution in [3.8, 4) is 0 Å². The van der Waals surface area contributed by atoms with Gasteiger partial charge in [-0.2, -0.15) is 0 Å². The SMILES string of the molecule is NS(=O)(=O)Cc1cccc2c1CCC2. The first-order valence-corrected chi connectivity index (χ1v) is 6.38. The molecule has 0 aromatic heterocycles. The average molecular weight is 211 g/mol. The molecule has 0 atom stereocenters.